The molecule has 0 unspecified atom stereocenters. The molecule has 1 amide bonds. The van der Waals surface area contributed by atoms with Gasteiger partial charge in [0.2, 0.25) is 5.91 Å². The topological polar surface area (TPSA) is 75.6 Å². The SMILES string of the molecule is COCc1ccccc1NC(=O)[C@@H]1C[C@@H]1C(=O)O. The van der Waals surface area contributed by atoms with E-state index >= 15 is 0 Å². The highest BCUT2D eigenvalue weighted by Gasteiger charge is 2.48. The van der Waals surface area contributed by atoms with Gasteiger partial charge in [0, 0.05) is 18.4 Å². The highest BCUT2D eigenvalue weighted by molar-refractivity contribution is 5.98. The van der Waals surface area contributed by atoms with E-state index in [2.05, 4.69) is 5.32 Å². The predicted molar refractivity (Wildman–Crippen MR) is 65.0 cm³/mol. The quantitative estimate of drug-likeness (QED) is 0.829. The average Bonchev–Trinajstić information content (AvgIpc) is 3.12. The molecule has 0 aromatic heterocycles. The Morgan fingerprint density at radius 3 is 2.72 bits per heavy atom. The molecule has 1 saturated carbocycles. The van der Waals surface area contributed by atoms with Crippen molar-refractivity contribution in [3.8, 4) is 0 Å². The number of carboxylic acids is 1. The van der Waals surface area contributed by atoms with Crippen molar-refractivity contribution in [2.45, 2.75) is 13.0 Å². The van der Waals surface area contributed by atoms with Crippen LogP contribution >= 0.6 is 0 Å². The van der Waals surface area contributed by atoms with Crippen molar-refractivity contribution in [3.63, 3.8) is 0 Å². The van der Waals surface area contributed by atoms with E-state index in [1.165, 1.54) is 0 Å². The third kappa shape index (κ3) is 2.68. The lowest BCUT2D eigenvalue weighted by Gasteiger charge is -2.10. The Balaban J connectivity index is 2.01. The van der Waals surface area contributed by atoms with Crippen molar-refractivity contribution < 1.29 is 19.4 Å². The van der Waals surface area contributed by atoms with E-state index in [0.29, 0.717) is 18.7 Å². The van der Waals surface area contributed by atoms with Gasteiger partial charge in [-0.1, -0.05) is 18.2 Å². The van der Waals surface area contributed by atoms with Crippen molar-refractivity contribution >= 4 is 17.6 Å². The minimum atomic E-state index is -0.902. The summed E-state index contributed by atoms with van der Waals surface area (Å²) >= 11 is 0. The maximum Gasteiger partial charge on any atom is 0.307 e. The number of benzene rings is 1. The first-order valence-electron chi connectivity index (χ1n) is 5.74. The summed E-state index contributed by atoms with van der Waals surface area (Å²) in [5.74, 6) is -2.07. The van der Waals surface area contributed by atoms with Crippen LogP contribution in [0.5, 0.6) is 0 Å². The predicted octanol–water partition coefficient (Wildman–Crippen LogP) is 1.49. The Morgan fingerprint density at radius 1 is 1.39 bits per heavy atom. The van der Waals surface area contributed by atoms with E-state index in [0.717, 1.165) is 5.56 Å². The van der Waals surface area contributed by atoms with Crippen molar-refractivity contribution in [1.29, 1.82) is 0 Å². The Hall–Kier alpha value is -1.88. The zero-order chi connectivity index (χ0) is 13.1. The molecule has 5 nitrogen and oxygen atoms in total. The van der Waals surface area contributed by atoms with E-state index in [1.54, 1.807) is 13.2 Å². The molecule has 18 heavy (non-hydrogen) atoms. The molecule has 0 saturated heterocycles. The van der Waals surface area contributed by atoms with E-state index in [9.17, 15) is 9.59 Å². The number of anilines is 1. The van der Waals surface area contributed by atoms with Crippen LogP contribution in [0.1, 0.15) is 12.0 Å². The number of amides is 1. The number of carbonyl (C=O) groups excluding carboxylic acids is 1. The van der Waals surface area contributed by atoms with Gasteiger partial charge in [-0.15, -0.1) is 0 Å². The number of carbonyl (C=O) groups is 2. The van der Waals surface area contributed by atoms with Crippen LogP contribution in [0, 0.1) is 11.8 Å². The molecule has 0 spiro atoms. The van der Waals surface area contributed by atoms with Crippen LogP contribution in [0.25, 0.3) is 0 Å². The van der Waals surface area contributed by atoms with Crippen LogP contribution in [-0.4, -0.2) is 24.1 Å². The summed E-state index contributed by atoms with van der Waals surface area (Å²) in [4.78, 5) is 22.5. The first-order chi connectivity index (χ1) is 8.63. The van der Waals surface area contributed by atoms with E-state index in [1.807, 2.05) is 18.2 Å². The van der Waals surface area contributed by atoms with E-state index in [4.69, 9.17) is 9.84 Å². The second-order valence-electron chi connectivity index (χ2n) is 4.37. The monoisotopic (exact) mass is 249 g/mol. The fourth-order valence-corrected chi connectivity index (χ4v) is 1.91. The second kappa shape index (κ2) is 5.18. The highest BCUT2D eigenvalue weighted by atomic mass is 16.5. The third-order valence-electron chi connectivity index (χ3n) is 3.02. The number of carboxylic acid groups (broad SMARTS) is 1. The lowest BCUT2D eigenvalue weighted by Crippen LogP contribution is -2.17. The molecule has 5 heteroatoms. The molecule has 1 aromatic carbocycles. The number of para-hydroxylation sites is 1. The maximum absolute atomic E-state index is 11.8. The Kier molecular flexibility index (Phi) is 3.62. The highest BCUT2D eigenvalue weighted by Crippen LogP contribution is 2.39. The van der Waals surface area contributed by atoms with Gasteiger partial charge in [-0.2, -0.15) is 0 Å². The summed E-state index contributed by atoms with van der Waals surface area (Å²) in [6.07, 6.45) is 0.424. The summed E-state index contributed by atoms with van der Waals surface area (Å²) in [6.45, 7) is 0.406. The van der Waals surface area contributed by atoms with Crippen LogP contribution < -0.4 is 5.32 Å². The largest absolute Gasteiger partial charge is 0.481 e. The lowest BCUT2D eigenvalue weighted by molar-refractivity contribution is -0.139. The van der Waals surface area contributed by atoms with Gasteiger partial charge < -0.3 is 15.2 Å². The molecule has 0 radical (unpaired) electrons. The zero-order valence-electron chi connectivity index (χ0n) is 10.1. The van der Waals surface area contributed by atoms with Gasteiger partial charge in [-0.05, 0) is 12.5 Å². The van der Waals surface area contributed by atoms with Crippen molar-refractivity contribution in [1.82, 2.24) is 0 Å². The normalized spacial score (nSPS) is 21.4. The van der Waals surface area contributed by atoms with Gasteiger partial charge in [0.25, 0.3) is 0 Å². The van der Waals surface area contributed by atoms with E-state index < -0.39 is 17.8 Å². The van der Waals surface area contributed by atoms with E-state index in [-0.39, 0.29) is 5.91 Å². The van der Waals surface area contributed by atoms with Gasteiger partial charge in [-0.25, -0.2) is 0 Å². The fraction of sp³-hybridized carbons (Fsp3) is 0.385. The van der Waals surface area contributed by atoms with Gasteiger partial charge in [-0.3, -0.25) is 9.59 Å². The van der Waals surface area contributed by atoms with Gasteiger partial charge in [0.1, 0.15) is 0 Å². The Labute approximate surface area is 105 Å². The van der Waals surface area contributed by atoms with Gasteiger partial charge in [0.15, 0.2) is 0 Å². The number of aliphatic carboxylic acids is 1. The molecule has 0 bridgehead atoms. The molecule has 1 aromatic rings. The molecule has 1 fully saturated rings. The molecule has 2 atom stereocenters. The van der Waals surface area contributed by atoms with Crippen LogP contribution in [0.4, 0.5) is 5.69 Å². The van der Waals surface area contributed by atoms with Gasteiger partial charge >= 0.3 is 5.97 Å². The molecule has 0 aliphatic heterocycles. The summed E-state index contributed by atoms with van der Waals surface area (Å²) in [5.41, 5.74) is 1.56. The number of ether oxygens (including phenoxy) is 1. The molecule has 2 N–H and O–H groups in total. The van der Waals surface area contributed by atoms with Crippen LogP contribution in [0.15, 0.2) is 24.3 Å². The molecule has 2 rings (SSSR count). The van der Waals surface area contributed by atoms with Crippen molar-refractivity contribution in [2.75, 3.05) is 12.4 Å². The summed E-state index contributed by atoms with van der Waals surface area (Å²) < 4.78 is 5.04. The minimum Gasteiger partial charge on any atom is -0.481 e. The molecular formula is C13H15NO4. The van der Waals surface area contributed by atoms with Crippen LogP contribution in [0.2, 0.25) is 0 Å². The zero-order valence-corrected chi connectivity index (χ0v) is 10.1. The first-order valence-corrected chi connectivity index (χ1v) is 5.74. The van der Waals surface area contributed by atoms with Crippen molar-refractivity contribution in [3.05, 3.63) is 29.8 Å². The third-order valence-corrected chi connectivity index (χ3v) is 3.02. The van der Waals surface area contributed by atoms with Gasteiger partial charge in [0.05, 0.1) is 18.4 Å². The Morgan fingerprint density at radius 2 is 2.11 bits per heavy atom. The summed E-state index contributed by atoms with van der Waals surface area (Å²) in [5, 5.41) is 11.5. The van der Waals surface area contributed by atoms with Crippen LogP contribution in [-0.2, 0) is 20.9 Å². The van der Waals surface area contributed by atoms with Crippen LogP contribution in [0.3, 0.4) is 0 Å². The number of methoxy groups -OCH3 is 1. The number of hydrogen-bond donors (Lipinski definition) is 2. The standard InChI is InChI=1S/C13H15NO4/c1-18-7-8-4-2-3-5-11(8)14-12(15)9-6-10(9)13(16)17/h2-5,9-10H,6-7H2,1H3,(H,14,15)(H,16,17)/t9-,10+/m1/s1. The molecular weight excluding hydrogens is 234 g/mol. The number of nitrogens with one attached hydrogen (secondary N) is 1. The number of rotatable bonds is 5. The lowest BCUT2D eigenvalue weighted by atomic mass is 10.2. The molecule has 96 valence electrons. The second-order valence-corrected chi connectivity index (χ2v) is 4.37. The summed E-state index contributed by atoms with van der Waals surface area (Å²) in [6, 6.07) is 7.32. The minimum absolute atomic E-state index is 0.231. The molecule has 1 aliphatic rings. The molecule has 0 heterocycles. The first kappa shape index (κ1) is 12.6. The maximum atomic E-state index is 11.8. The number of hydrogen-bond acceptors (Lipinski definition) is 3. The van der Waals surface area contributed by atoms with Crippen molar-refractivity contribution in [2.24, 2.45) is 11.8 Å². The molecule has 1 aliphatic carbocycles. The smallest absolute Gasteiger partial charge is 0.307 e. The summed E-state index contributed by atoms with van der Waals surface area (Å²) in [7, 11) is 1.58. The average molecular weight is 249 g/mol. The Bertz CT molecular complexity index is 472. The fourth-order valence-electron chi connectivity index (χ4n) is 1.91.